The minimum Gasteiger partial charge on any atom is -0.353 e. The van der Waals surface area contributed by atoms with Crippen molar-refractivity contribution in [3.05, 3.63) is 42.2 Å². The standard InChI is InChI=1S/C15H19N3OS/c1-11(2)17-14(19)10-20-15-16-7-8-18(15)13-6-4-5-12(3)9-13/h4-9,11H,10H2,1-3H3,(H,17,19). The molecule has 0 aliphatic heterocycles. The van der Waals surface area contributed by atoms with Crippen molar-refractivity contribution in [3.8, 4) is 5.69 Å². The van der Waals surface area contributed by atoms with Gasteiger partial charge in [0.2, 0.25) is 5.91 Å². The molecule has 4 nitrogen and oxygen atoms in total. The third-order valence-corrected chi connectivity index (χ3v) is 3.64. The number of carbonyl (C=O) groups is 1. The molecule has 0 aliphatic rings. The van der Waals surface area contributed by atoms with Crippen molar-refractivity contribution in [2.24, 2.45) is 0 Å². The van der Waals surface area contributed by atoms with Crippen LogP contribution in [0, 0.1) is 6.92 Å². The Hall–Kier alpha value is -1.75. The third kappa shape index (κ3) is 3.87. The van der Waals surface area contributed by atoms with Gasteiger partial charge in [-0.1, -0.05) is 23.9 Å². The van der Waals surface area contributed by atoms with Gasteiger partial charge in [0.25, 0.3) is 0 Å². The molecule has 0 atom stereocenters. The Kier molecular flexibility index (Phi) is 4.84. The fraction of sp³-hybridized carbons (Fsp3) is 0.333. The molecule has 0 radical (unpaired) electrons. The fourth-order valence-corrected chi connectivity index (χ4v) is 2.65. The zero-order valence-electron chi connectivity index (χ0n) is 12.0. The van der Waals surface area contributed by atoms with Gasteiger partial charge in [0, 0.05) is 24.1 Å². The van der Waals surface area contributed by atoms with E-state index in [1.165, 1.54) is 17.3 Å². The average molecular weight is 289 g/mol. The summed E-state index contributed by atoms with van der Waals surface area (Å²) in [7, 11) is 0. The summed E-state index contributed by atoms with van der Waals surface area (Å²) in [5.41, 5.74) is 2.26. The maximum absolute atomic E-state index is 11.7. The van der Waals surface area contributed by atoms with Crippen LogP contribution in [0.3, 0.4) is 0 Å². The Labute approximate surface area is 123 Å². The van der Waals surface area contributed by atoms with Crippen LogP contribution in [0.15, 0.2) is 41.8 Å². The molecule has 1 aromatic heterocycles. The summed E-state index contributed by atoms with van der Waals surface area (Å²) in [5, 5.41) is 3.70. The van der Waals surface area contributed by atoms with Crippen LogP contribution in [0.2, 0.25) is 0 Å². The molecule has 1 N–H and O–H groups in total. The van der Waals surface area contributed by atoms with E-state index in [9.17, 15) is 4.79 Å². The Morgan fingerprint density at radius 1 is 1.45 bits per heavy atom. The monoisotopic (exact) mass is 289 g/mol. The van der Waals surface area contributed by atoms with E-state index >= 15 is 0 Å². The summed E-state index contributed by atoms with van der Waals surface area (Å²) in [6.07, 6.45) is 3.67. The normalized spacial score (nSPS) is 10.8. The highest BCUT2D eigenvalue weighted by Gasteiger charge is 2.09. The highest BCUT2D eigenvalue weighted by molar-refractivity contribution is 7.99. The Morgan fingerprint density at radius 3 is 2.95 bits per heavy atom. The molecule has 1 aromatic carbocycles. The Balaban J connectivity index is 2.08. The smallest absolute Gasteiger partial charge is 0.230 e. The van der Waals surface area contributed by atoms with E-state index in [0.717, 1.165) is 10.8 Å². The van der Waals surface area contributed by atoms with Gasteiger partial charge in [-0.25, -0.2) is 4.98 Å². The lowest BCUT2D eigenvalue weighted by Crippen LogP contribution is -2.31. The van der Waals surface area contributed by atoms with E-state index in [4.69, 9.17) is 0 Å². The summed E-state index contributed by atoms with van der Waals surface area (Å²) in [6, 6.07) is 8.38. The number of amides is 1. The maximum Gasteiger partial charge on any atom is 0.230 e. The molecule has 5 heteroatoms. The van der Waals surface area contributed by atoms with Crippen molar-refractivity contribution in [3.63, 3.8) is 0 Å². The lowest BCUT2D eigenvalue weighted by Gasteiger charge is -2.10. The van der Waals surface area contributed by atoms with Gasteiger partial charge in [-0.2, -0.15) is 0 Å². The molecular weight excluding hydrogens is 270 g/mol. The van der Waals surface area contributed by atoms with Gasteiger partial charge >= 0.3 is 0 Å². The number of nitrogens with zero attached hydrogens (tertiary/aromatic N) is 2. The highest BCUT2D eigenvalue weighted by atomic mass is 32.2. The largest absolute Gasteiger partial charge is 0.353 e. The molecule has 0 fully saturated rings. The van der Waals surface area contributed by atoms with Gasteiger partial charge < -0.3 is 5.32 Å². The van der Waals surface area contributed by atoms with Crippen LogP contribution in [-0.4, -0.2) is 27.3 Å². The van der Waals surface area contributed by atoms with Crippen LogP contribution >= 0.6 is 11.8 Å². The quantitative estimate of drug-likeness (QED) is 0.861. The first kappa shape index (κ1) is 14.7. The van der Waals surface area contributed by atoms with Gasteiger partial charge in [-0.05, 0) is 38.5 Å². The summed E-state index contributed by atoms with van der Waals surface area (Å²) in [6.45, 7) is 5.97. The first-order chi connectivity index (χ1) is 9.56. The van der Waals surface area contributed by atoms with E-state index in [-0.39, 0.29) is 11.9 Å². The lowest BCUT2D eigenvalue weighted by molar-refractivity contribution is -0.119. The molecule has 106 valence electrons. The molecule has 1 heterocycles. The van der Waals surface area contributed by atoms with Crippen molar-refractivity contribution < 1.29 is 4.79 Å². The Bertz CT molecular complexity index is 592. The number of carbonyl (C=O) groups excluding carboxylic acids is 1. The fourth-order valence-electron chi connectivity index (χ4n) is 1.86. The van der Waals surface area contributed by atoms with Gasteiger partial charge in [-0.15, -0.1) is 0 Å². The van der Waals surface area contributed by atoms with E-state index in [0.29, 0.717) is 5.75 Å². The molecule has 0 aliphatic carbocycles. The first-order valence-corrected chi connectivity index (χ1v) is 7.57. The SMILES string of the molecule is Cc1cccc(-n2ccnc2SCC(=O)NC(C)C)c1. The van der Waals surface area contributed by atoms with Crippen LogP contribution < -0.4 is 5.32 Å². The maximum atomic E-state index is 11.7. The van der Waals surface area contributed by atoms with Crippen LogP contribution in [0.5, 0.6) is 0 Å². The lowest BCUT2D eigenvalue weighted by atomic mass is 10.2. The van der Waals surface area contributed by atoms with E-state index in [1.807, 2.05) is 36.7 Å². The highest BCUT2D eigenvalue weighted by Crippen LogP contribution is 2.20. The first-order valence-electron chi connectivity index (χ1n) is 6.59. The van der Waals surface area contributed by atoms with Crippen LogP contribution in [-0.2, 0) is 4.79 Å². The number of benzene rings is 1. The van der Waals surface area contributed by atoms with Crippen LogP contribution in [0.1, 0.15) is 19.4 Å². The molecule has 0 saturated heterocycles. The van der Waals surface area contributed by atoms with Gasteiger partial charge in [0.15, 0.2) is 5.16 Å². The van der Waals surface area contributed by atoms with Crippen LogP contribution in [0.25, 0.3) is 5.69 Å². The topological polar surface area (TPSA) is 46.9 Å². The molecule has 2 aromatic rings. The van der Waals surface area contributed by atoms with Gasteiger partial charge in [0.1, 0.15) is 0 Å². The molecule has 0 unspecified atom stereocenters. The number of nitrogens with one attached hydrogen (secondary N) is 1. The predicted octanol–water partition coefficient (Wildman–Crippen LogP) is 2.80. The average Bonchev–Trinajstić information content (AvgIpc) is 2.84. The van der Waals surface area contributed by atoms with Crippen molar-refractivity contribution in [1.82, 2.24) is 14.9 Å². The van der Waals surface area contributed by atoms with Crippen molar-refractivity contribution in [1.29, 1.82) is 0 Å². The van der Waals surface area contributed by atoms with Crippen LogP contribution in [0.4, 0.5) is 0 Å². The number of imidazole rings is 1. The van der Waals surface area contributed by atoms with Crippen molar-refractivity contribution in [2.75, 3.05) is 5.75 Å². The number of hydrogen-bond acceptors (Lipinski definition) is 3. The second-order valence-corrected chi connectivity index (χ2v) is 5.87. The van der Waals surface area contributed by atoms with E-state index in [1.54, 1.807) is 6.20 Å². The van der Waals surface area contributed by atoms with E-state index in [2.05, 4.69) is 29.4 Å². The number of thioether (sulfide) groups is 1. The summed E-state index contributed by atoms with van der Waals surface area (Å²) < 4.78 is 2.00. The number of aryl methyl sites for hydroxylation is 1. The molecular formula is C15H19N3OS. The number of rotatable bonds is 5. The molecule has 0 saturated carbocycles. The molecule has 2 rings (SSSR count). The van der Waals surface area contributed by atoms with E-state index < -0.39 is 0 Å². The molecule has 1 amide bonds. The molecule has 0 bridgehead atoms. The number of hydrogen-bond donors (Lipinski definition) is 1. The van der Waals surface area contributed by atoms with Crippen molar-refractivity contribution >= 4 is 17.7 Å². The minimum absolute atomic E-state index is 0.0313. The minimum atomic E-state index is 0.0313. The zero-order chi connectivity index (χ0) is 14.5. The summed E-state index contributed by atoms with van der Waals surface area (Å²) >= 11 is 1.44. The van der Waals surface area contributed by atoms with Gasteiger partial charge in [0.05, 0.1) is 5.75 Å². The second kappa shape index (κ2) is 6.61. The number of aromatic nitrogens is 2. The predicted molar refractivity (Wildman–Crippen MR) is 82.3 cm³/mol. The van der Waals surface area contributed by atoms with Crippen molar-refractivity contribution in [2.45, 2.75) is 32.0 Å². The molecule has 0 spiro atoms. The summed E-state index contributed by atoms with van der Waals surface area (Å²) in [5.74, 6) is 0.407. The molecule has 20 heavy (non-hydrogen) atoms. The zero-order valence-corrected chi connectivity index (χ0v) is 12.8. The van der Waals surface area contributed by atoms with Gasteiger partial charge in [-0.3, -0.25) is 9.36 Å². The summed E-state index contributed by atoms with van der Waals surface area (Å²) in [4.78, 5) is 16.0. The second-order valence-electron chi connectivity index (χ2n) is 4.93. The third-order valence-electron chi connectivity index (χ3n) is 2.67. The Morgan fingerprint density at radius 2 is 2.25 bits per heavy atom.